The maximum absolute atomic E-state index is 12.1. The van der Waals surface area contributed by atoms with Gasteiger partial charge in [0.25, 0.3) is 5.56 Å². The van der Waals surface area contributed by atoms with Gasteiger partial charge in [0.15, 0.2) is 0 Å². The molecule has 1 amide bonds. The molecule has 3 rings (SSSR count). The summed E-state index contributed by atoms with van der Waals surface area (Å²) in [6, 6.07) is 17.0. The molecule has 0 bridgehead atoms. The number of carbonyl (C=O) groups excluding carboxylic acids is 1. The molecule has 0 saturated carbocycles. The van der Waals surface area contributed by atoms with Gasteiger partial charge in [-0.05, 0) is 41.6 Å². The number of hydrogen-bond acceptors (Lipinski definition) is 3. The summed E-state index contributed by atoms with van der Waals surface area (Å²) in [5, 5.41) is 3.74. The summed E-state index contributed by atoms with van der Waals surface area (Å²) in [6.45, 7) is 0.484. The van der Waals surface area contributed by atoms with E-state index in [2.05, 4.69) is 10.3 Å². The fourth-order valence-electron chi connectivity index (χ4n) is 2.74. The molecule has 2 aromatic carbocycles. The average Bonchev–Trinajstić information content (AvgIpc) is 2.66. The Hall–Kier alpha value is -3.34. The molecular weight excluding hydrogens is 328 g/mol. The Labute approximate surface area is 151 Å². The van der Waals surface area contributed by atoms with Crippen molar-refractivity contribution < 1.29 is 9.53 Å². The number of pyridine rings is 1. The molecule has 0 spiro atoms. The third-order valence-electron chi connectivity index (χ3n) is 4.08. The van der Waals surface area contributed by atoms with E-state index < -0.39 is 0 Å². The maximum atomic E-state index is 12.1. The predicted octanol–water partition coefficient (Wildman–Crippen LogP) is 2.91. The number of aromatic nitrogens is 1. The Morgan fingerprint density at radius 2 is 1.92 bits per heavy atom. The van der Waals surface area contributed by atoms with E-state index in [1.165, 1.54) is 12.2 Å². The lowest BCUT2D eigenvalue weighted by Crippen LogP contribution is -2.23. The second kappa shape index (κ2) is 8.16. The van der Waals surface area contributed by atoms with Gasteiger partial charge < -0.3 is 15.0 Å². The minimum absolute atomic E-state index is 0.221. The zero-order valence-electron chi connectivity index (χ0n) is 14.5. The number of methoxy groups -OCH3 is 1. The second-order valence-corrected chi connectivity index (χ2v) is 5.83. The van der Waals surface area contributed by atoms with E-state index in [1.54, 1.807) is 13.2 Å². The number of fused-ring (bicyclic) bond motifs is 1. The van der Waals surface area contributed by atoms with E-state index >= 15 is 0 Å². The normalized spacial score (nSPS) is 11.0. The van der Waals surface area contributed by atoms with Gasteiger partial charge in [0, 0.05) is 23.7 Å². The second-order valence-electron chi connectivity index (χ2n) is 5.83. The molecule has 0 aliphatic carbocycles. The number of para-hydroxylation sites is 2. The van der Waals surface area contributed by atoms with E-state index in [4.69, 9.17) is 4.74 Å². The first-order chi connectivity index (χ1) is 12.7. The third-order valence-corrected chi connectivity index (χ3v) is 4.08. The highest BCUT2D eigenvalue weighted by Gasteiger charge is 2.03. The minimum Gasteiger partial charge on any atom is -0.496 e. The van der Waals surface area contributed by atoms with Crippen molar-refractivity contribution in [2.75, 3.05) is 13.7 Å². The van der Waals surface area contributed by atoms with Crippen molar-refractivity contribution in [3.8, 4) is 5.75 Å². The molecule has 5 heteroatoms. The summed E-state index contributed by atoms with van der Waals surface area (Å²) in [7, 11) is 1.63. The number of nitrogens with one attached hydrogen (secondary N) is 2. The first-order valence-corrected chi connectivity index (χ1v) is 8.37. The van der Waals surface area contributed by atoms with Gasteiger partial charge in [-0.1, -0.05) is 36.4 Å². The highest BCUT2D eigenvalue weighted by Crippen LogP contribution is 2.17. The van der Waals surface area contributed by atoms with Crippen LogP contribution in [0.4, 0.5) is 0 Å². The molecule has 1 heterocycles. The predicted molar refractivity (Wildman–Crippen MR) is 103 cm³/mol. The van der Waals surface area contributed by atoms with E-state index in [9.17, 15) is 9.59 Å². The molecule has 26 heavy (non-hydrogen) atoms. The number of carbonyl (C=O) groups is 1. The highest BCUT2D eigenvalue weighted by atomic mass is 16.5. The van der Waals surface area contributed by atoms with E-state index in [-0.39, 0.29) is 11.5 Å². The van der Waals surface area contributed by atoms with Crippen LogP contribution in [0.5, 0.6) is 5.75 Å². The quantitative estimate of drug-likeness (QED) is 0.673. The Balaban J connectivity index is 1.61. The molecule has 0 saturated heterocycles. The molecule has 0 unspecified atom stereocenters. The summed E-state index contributed by atoms with van der Waals surface area (Å²) < 4.78 is 5.29. The Bertz CT molecular complexity index is 1010. The summed E-state index contributed by atoms with van der Waals surface area (Å²) >= 11 is 0. The summed E-state index contributed by atoms with van der Waals surface area (Å²) in [5.74, 6) is 0.562. The van der Waals surface area contributed by atoms with Crippen molar-refractivity contribution >= 4 is 22.9 Å². The Morgan fingerprint density at radius 1 is 1.15 bits per heavy atom. The van der Waals surface area contributed by atoms with E-state index in [0.717, 1.165) is 22.2 Å². The van der Waals surface area contributed by atoms with Gasteiger partial charge in [0.05, 0.1) is 7.11 Å². The summed E-state index contributed by atoms with van der Waals surface area (Å²) in [5.41, 5.74) is 2.03. The molecular formula is C21H20N2O3. The fraction of sp³-hybridized carbons (Fsp3) is 0.143. The fourth-order valence-corrected chi connectivity index (χ4v) is 2.74. The maximum Gasteiger partial charge on any atom is 0.255 e. The SMILES string of the molecule is COc1ccccc1CCNC(=O)/C=C/c1cc2ccccc2[nH]c1=O. The first-order valence-electron chi connectivity index (χ1n) is 8.37. The molecule has 5 nitrogen and oxygen atoms in total. The lowest BCUT2D eigenvalue weighted by Gasteiger charge is -2.08. The standard InChI is InChI=1S/C21H20N2O3/c1-26-19-9-5-3-6-15(19)12-13-22-20(24)11-10-17-14-16-7-2-4-8-18(16)23-21(17)25/h2-11,14H,12-13H2,1H3,(H,22,24)(H,23,25)/b11-10+. The van der Waals surface area contributed by atoms with Crippen LogP contribution in [-0.4, -0.2) is 24.5 Å². The largest absolute Gasteiger partial charge is 0.496 e. The molecule has 3 aromatic rings. The molecule has 0 aliphatic rings. The average molecular weight is 348 g/mol. The van der Waals surface area contributed by atoms with Gasteiger partial charge in [-0.25, -0.2) is 0 Å². The first kappa shape index (κ1) is 17.5. The highest BCUT2D eigenvalue weighted by molar-refractivity contribution is 5.92. The molecule has 0 aliphatic heterocycles. The van der Waals surface area contributed by atoms with Crippen LogP contribution in [0.1, 0.15) is 11.1 Å². The third kappa shape index (κ3) is 4.19. The van der Waals surface area contributed by atoms with Crippen molar-refractivity contribution in [3.05, 3.63) is 82.2 Å². The molecule has 0 fully saturated rings. The molecule has 132 valence electrons. The van der Waals surface area contributed by atoms with Crippen LogP contribution < -0.4 is 15.6 Å². The number of hydrogen-bond donors (Lipinski definition) is 2. The smallest absolute Gasteiger partial charge is 0.255 e. The van der Waals surface area contributed by atoms with Crippen LogP contribution in [0.25, 0.3) is 17.0 Å². The zero-order valence-corrected chi connectivity index (χ0v) is 14.5. The van der Waals surface area contributed by atoms with Gasteiger partial charge >= 0.3 is 0 Å². The number of benzene rings is 2. The van der Waals surface area contributed by atoms with Crippen molar-refractivity contribution in [3.63, 3.8) is 0 Å². The topological polar surface area (TPSA) is 71.2 Å². The van der Waals surface area contributed by atoms with Gasteiger partial charge in [-0.15, -0.1) is 0 Å². The molecule has 1 aromatic heterocycles. The van der Waals surface area contributed by atoms with Crippen LogP contribution in [-0.2, 0) is 11.2 Å². The van der Waals surface area contributed by atoms with Crippen molar-refractivity contribution in [2.24, 2.45) is 0 Å². The Morgan fingerprint density at radius 3 is 2.77 bits per heavy atom. The van der Waals surface area contributed by atoms with E-state index in [1.807, 2.05) is 48.5 Å². The molecule has 0 radical (unpaired) electrons. The lowest BCUT2D eigenvalue weighted by atomic mass is 10.1. The monoisotopic (exact) mass is 348 g/mol. The summed E-state index contributed by atoms with van der Waals surface area (Å²) in [6.07, 6.45) is 3.57. The van der Waals surface area contributed by atoms with Gasteiger partial charge in [-0.2, -0.15) is 0 Å². The number of rotatable bonds is 6. The molecule has 2 N–H and O–H groups in total. The Kier molecular flexibility index (Phi) is 5.49. The van der Waals surface area contributed by atoms with Crippen molar-refractivity contribution in [1.82, 2.24) is 10.3 Å². The van der Waals surface area contributed by atoms with Gasteiger partial charge in [0.2, 0.25) is 5.91 Å². The van der Waals surface area contributed by atoms with Crippen molar-refractivity contribution in [1.29, 1.82) is 0 Å². The number of amides is 1. The number of ether oxygens (including phenoxy) is 1. The zero-order chi connectivity index (χ0) is 18.4. The number of aromatic amines is 1. The summed E-state index contributed by atoms with van der Waals surface area (Å²) in [4.78, 5) is 26.9. The van der Waals surface area contributed by atoms with Gasteiger partial charge in [0.1, 0.15) is 5.75 Å². The van der Waals surface area contributed by atoms with Crippen LogP contribution in [0.15, 0.2) is 65.5 Å². The van der Waals surface area contributed by atoms with Crippen LogP contribution in [0.2, 0.25) is 0 Å². The number of H-pyrrole nitrogens is 1. The minimum atomic E-state index is -0.243. The lowest BCUT2D eigenvalue weighted by molar-refractivity contribution is -0.116. The van der Waals surface area contributed by atoms with Crippen LogP contribution >= 0.6 is 0 Å². The molecule has 0 atom stereocenters. The van der Waals surface area contributed by atoms with Crippen LogP contribution in [0.3, 0.4) is 0 Å². The van der Waals surface area contributed by atoms with Crippen LogP contribution in [0, 0.1) is 0 Å². The van der Waals surface area contributed by atoms with Gasteiger partial charge in [-0.3, -0.25) is 9.59 Å². The van der Waals surface area contributed by atoms with Crippen molar-refractivity contribution in [2.45, 2.75) is 6.42 Å². The van der Waals surface area contributed by atoms with E-state index in [0.29, 0.717) is 18.5 Å².